The van der Waals surface area contributed by atoms with Crippen LogP contribution < -0.4 is 10.2 Å². The van der Waals surface area contributed by atoms with Gasteiger partial charge in [-0.15, -0.1) is 0 Å². The quantitative estimate of drug-likeness (QED) is 0.262. The second kappa shape index (κ2) is 12.0. The molecule has 4 rings (SSSR count). The van der Waals surface area contributed by atoms with Crippen LogP contribution in [-0.4, -0.2) is 47.0 Å². The minimum Gasteiger partial charge on any atom is -0.465 e. The van der Waals surface area contributed by atoms with E-state index in [9.17, 15) is 35.9 Å². The van der Waals surface area contributed by atoms with Gasteiger partial charge in [0.05, 0.1) is 30.8 Å². The summed E-state index contributed by atoms with van der Waals surface area (Å²) in [5.41, 5.74) is -1.79. The highest BCUT2D eigenvalue weighted by Gasteiger charge is 2.44. The van der Waals surface area contributed by atoms with Crippen molar-refractivity contribution in [3.8, 4) is 0 Å². The molecule has 0 spiro atoms. The summed E-state index contributed by atoms with van der Waals surface area (Å²) in [7, 11) is 1.22. The van der Waals surface area contributed by atoms with Crippen molar-refractivity contribution in [1.82, 2.24) is 15.1 Å². The van der Waals surface area contributed by atoms with Gasteiger partial charge in [-0.2, -0.15) is 31.4 Å². The van der Waals surface area contributed by atoms with Crippen molar-refractivity contribution < 1.29 is 45.8 Å². The number of hydrogen-bond acceptors (Lipinski definition) is 6. The number of amides is 1. The van der Waals surface area contributed by atoms with E-state index in [2.05, 4.69) is 15.2 Å². The second-order valence-corrected chi connectivity index (χ2v) is 9.86. The second-order valence-electron chi connectivity index (χ2n) is 9.86. The normalized spacial score (nSPS) is 14.1. The molecule has 0 fully saturated rings. The number of esters is 1. The molecule has 0 bridgehead atoms. The Morgan fingerprint density at radius 1 is 1.02 bits per heavy atom. The molecule has 0 saturated heterocycles. The number of carbonyl (C=O) groups is 2. The van der Waals surface area contributed by atoms with Crippen molar-refractivity contribution in [3.05, 3.63) is 81.5 Å². The first kappa shape index (κ1) is 30.9. The predicted octanol–water partition coefficient (Wildman–Crippen LogP) is 5.14. The average molecular weight is 599 g/mol. The minimum absolute atomic E-state index is 0.00737. The zero-order valence-corrected chi connectivity index (χ0v) is 22.6. The van der Waals surface area contributed by atoms with Gasteiger partial charge in [0.25, 0.3) is 5.91 Å². The average Bonchev–Trinajstić information content (AvgIpc) is 3.51. The van der Waals surface area contributed by atoms with Crippen LogP contribution in [0.25, 0.3) is 0 Å². The minimum atomic E-state index is -4.98. The number of carbonyl (C=O) groups excluding carboxylic acids is 2. The number of alkyl halides is 6. The maximum atomic E-state index is 14.0. The van der Waals surface area contributed by atoms with Gasteiger partial charge in [0.2, 0.25) is 0 Å². The van der Waals surface area contributed by atoms with Gasteiger partial charge in [-0.05, 0) is 60.7 Å². The molecular weight excluding hydrogens is 570 g/mol. The summed E-state index contributed by atoms with van der Waals surface area (Å²) in [6.07, 6.45) is -9.22. The van der Waals surface area contributed by atoms with Gasteiger partial charge < -0.3 is 20.1 Å². The third kappa shape index (κ3) is 6.69. The molecule has 1 aliphatic rings. The Balaban J connectivity index is 1.66. The summed E-state index contributed by atoms with van der Waals surface area (Å²) in [6.45, 7) is 1.24. The highest BCUT2D eigenvalue weighted by atomic mass is 19.4. The monoisotopic (exact) mass is 598 g/mol. The van der Waals surface area contributed by atoms with Gasteiger partial charge in [0.15, 0.2) is 5.69 Å². The number of rotatable bonds is 9. The van der Waals surface area contributed by atoms with Crippen LogP contribution in [0, 0.1) is 0 Å². The zero-order valence-electron chi connectivity index (χ0n) is 22.6. The number of aryl methyl sites for hydroxylation is 1. The number of aromatic nitrogens is 2. The molecule has 1 atom stereocenters. The number of hydrogen-bond donors (Lipinski definition) is 2. The van der Waals surface area contributed by atoms with Gasteiger partial charge in [0.1, 0.15) is 11.4 Å². The number of benzene rings is 2. The molecule has 1 aromatic heterocycles. The van der Waals surface area contributed by atoms with E-state index in [0.717, 1.165) is 16.8 Å². The number of methoxy groups -OCH3 is 1. The number of halogens is 6. The highest BCUT2D eigenvalue weighted by Crippen LogP contribution is 2.39. The first-order valence-corrected chi connectivity index (χ1v) is 13.0. The topological polar surface area (TPSA) is 96.7 Å². The fourth-order valence-corrected chi connectivity index (χ4v) is 4.86. The van der Waals surface area contributed by atoms with E-state index >= 15 is 0 Å². The van der Waals surface area contributed by atoms with Crippen LogP contribution in [0.2, 0.25) is 0 Å². The first-order valence-electron chi connectivity index (χ1n) is 13.0. The summed E-state index contributed by atoms with van der Waals surface area (Å²) < 4.78 is 88.5. The number of nitrogens with zero attached hydrogens (tertiary/aromatic N) is 3. The number of anilines is 1. The van der Waals surface area contributed by atoms with Gasteiger partial charge in [0, 0.05) is 19.7 Å². The van der Waals surface area contributed by atoms with Crippen molar-refractivity contribution in [1.29, 1.82) is 0 Å². The van der Waals surface area contributed by atoms with Crippen LogP contribution in [0.1, 0.15) is 68.1 Å². The molecule has 42 heavy (non-hydrogen) atoms. The SMILES string of the molecule is COC(=O)c1ccc([C@H](C)NC(=O)c2c(C(F)(F)F)nn3c2N(Cc2cc(CCCO)cc(C(F)(F)F)c2)CC3)cc1. The number of aliphatic hydroxyl groups excluding tert-OH is 1. The Hall–Kier alpha value is -4.07. The molecule has 1 aliphatic heterocycles. The van der Waals surface area contributed by atoms with E-state index in [-0.39, 0.29) is 56.0 Å². The van der Waals surface area contributed by atoms with Crippen LogP contribution in [-0.2, 0) is 36.6 Å². The van der Waals surface area contributed by atoms with Gasteiger partial charge >= 0.3 is 18.3 Å². The number of ether oxygens (including phenoxy) is 1. The van der Waals surface area contributed by atoms with E-state index in [1.54, 1.807) is 6.92 Å². The molecule has 0 unspecified atom stereocenters. The van der Waals surface area contributed by atoms with Crippen LogP contribution in [0.15, 0.2) is 42.5 Å². The van der Waals surface area contributed by atoms with Crippen LogP contribution in [0.3, 0.4) is 0 Å². The van der Waals surface area contributed by atoms with E-state index in [1.807, 2.05) is 0 Å². The molecule has 0 radical (unpaired) electrons. The van der Waals surface area contributed by atoms with E-state index in [0.29, 0.717) is 11.1 Å². The fraction of sp³-hybridized carbons (Fsp3) is 0.393. The van der Waals surface area contributed by atoms with Crippen molar-refractivity contribution in [2.24, 2.45) is 0 Å². The molecule has 226 valence electrons. The third-order valence-electron chi connectivity index (χ3n) is 6.86. The molecule has 2 N–H and O–H groups in total. The summed E-state index contributed by atoms with van der Waals surface area (Å²) in [5.74, 6) is -1.79. The van der Waals surface area contributed by atoms with Crippen molar-refractivity contribution in [2.75, 3.05) is 25.2 Å². The lowest BCUT2D eigenvalue weighted by atomic mass is 10.0. The molecule has 14 heteroatoms. The van der Waals surface area contributed by atoms with Crippen LogP contribution >= 0.6 is 0 Å². The predicted molar refractivity (Wildman–Crippen MR) is 139 cm³/mol. The highest BCUT2D eigenvalue weighted by molar-refractivity contribution is 6.01. The zero-order chi connectivity index (χ0) is 30.8. The Bertz CT molecular complexity index is 1450. The number of nitrogens with one attached hydrogen (secondary N) is 1. The fourth-order valence-electron chi connectivity index (χ4n) is 4.86. The summed E-state index contributed by atoms with van der Waals surface area (Å²) >= 11 is 0. The Morgan fingerprint density at radius 3 is 2.29 bits per heavy atom. The lowest BCUT2D eigenvalue weighted by Crippen LogP contribution is -2.31. The molecule has 2 heterocycles. The summed E-state index contributed by atoms with van der Waals surface area (Å²) in [5, 5.41) is 15.3. The number of fused-ring (bicyclic) bond motifs is 1. The molecule has 2 aromatic carbocycles. The Labute approximate surface area is 236 Å². The molecule has 0 aliphatic carbocycles. The molecular formula is C28H28F6N4O4. The largest absolute Gasteiger partial charge is 0.465 e. The Morgan fingerprint density at radius 2 is 1.69 bits per heavy atom. The van der Waals surface area contributed by atoms with Gasteiger partial charge in [-0.25, -0.2) is 9.48 Å². The first-order chi connectivity index (χ1) is 19.7. The maximum absolute atomic E-state index is 14.0. The van der Waals surface area contributed by atoms with Crippen molar-refractivity contribution in [2.45, 2.75) is 51.2 Å². The maximum Gasteiger partial charge on any atom is 0.436 e. The van der Waals surface area contributed by atoms with Crippen LogP contribution in [0.4, 0.5) is 32.2 Å². The molecule has 3 aromatic rings. The molecule has 0 saturated carbocycles. The van der Waals surface area contributed by atoms with E-state index in [1.165, 1.54) is 42.3 Å². The summed E-state index contributed by atoms with van der Waals surface area (Å²) in [4.78, 5) is 26.4. The smallest absolute Gasteiger partial charge is 0.436 e. The standard InChI is InChI=1S/C28H28F6N4O4/c1-16(19-5-7-20(8-6-19)26(41)42-2)35-24(40)22-23(28(32,33)34)36-38-10-9-37(25(22)38)15-18-12-17(4-3-11-39)13-21(14-18)27(29,30)31/h5-8,12-14,16,39H,3-4,9-11,15H2,1-2H3,(H,35,40)/t16-/m0/s1. The third-order valence-corrected chi connectivity index (χ3v) is 6.86. The molecule has 8 nitrogen and oxygen atoms in total. The lowest BCUT2D eigenvalue weighted by Gasteiger charge is -2.22. The van der Waals surface area contributed by atoms with Crippen LogP contribution in [0.5, 0.6) is 0 Å². The van der Waals surface area contributed by atoms with Gasteiger partial charge in [-0.3, -0.25) is 4.79 Å². The van der Waals surface area contributed by atoms with Crippen molar-refractivity contribution in [3.63, 3.8) is 0 Å². The van der Waals surface area contributed by atoms with E-state index in [4.69, 9.17) is 5.11 Å². The van der Waals surface area contributed by atoms with E-state index < -0.39 is 47.1 Å². The molecule has 1 amide bonds. The number of aliphatic hydroxyl groups is 1. The Kier molecular flexibility index (Phi) is 8.85. The van der Waals surface area contributed by atoms with Gasteiger partial charge in [-0.1, -0.05) is 18.2 Å². The summed E-state index contributed by atoms with van der Waals surface area (Å²) in [6, 6.07) is 8.60. The van der Waals surface area contributed by atoms with Crippen molar-refractivity contribution >= 4 is 17.7 Å². The lowest BCUT2D eigenvalue weighted by molar-refractivity contribution is -0.142.